The van der Waals surface area contributed by atoms with Crippen LogP contribution >= 0.6 is 0 Å². The van der Waals surface area contributed by atoms with Gasteiger partial charge in [0.15, 0.2) is 0 Å². The van der Waals surface area contributed by atoms with Gasteiger partial charge < -0.3 is 4.90 Å². The molecular weight excluding hydrogens is 253 g/mol. The molecule has 2 heterocycles. The van der Waals surface area contributed by atoms with Crippen LogP contribution in [0.4, 0.5) is 18.9 Å². The first kappa shape index (κ1) is 12.8. The Hall–Kier alpha value is -1.26. The number of aromatic nitrogens is 1. The van der Waals surface area contributed by atoms with Crippen LogP contribution in [0.3, 0.4) is 0 Å². The number of hydrogen-bond acceptors (Lipinski definition) is 2. The summed E-state index contributed by atoms with van der Waals surface area (Å²) in [6.07, 6.45) is 1.87. The molecule has 0 aromatic carbocycles. The number of anilines is 1. The molecule has 0 amide bonds. The molecule has 19 heavy (non-hydrogen) atoms. The third-order valence-corrected chi connectivity index (χ3v) is 4.38. The van der Waals surface area contributed by atoms with E-state index >= 15 is 0 Å². The molecule has 2 atom stereocenters. The number of rotatable bonds is 1. The van der Waals surface area contributed by atoms with Gasteiger partial charge in [0.25, 0.3) is 0 Å². The van der Waals surface area contributed by atoms with E-state index in [2.05, 4.69) is 9.88 Å². The average Bonchev–Trinajstić information content (AvgIpc) is 2.81. The zero-order valence-corrected chi connectivity index (χ0v) is 10.7. The first-order chi connectivity index (χ1) is 9.04. The van der Waals surface area contributed by atoms with Gasteiger partial charge in [0, 0.05) is 25.0 Å². The van der Waals surface area contributed by atoms with E-state index in [0.717, 1.165) is 13.1 Å². The minimum Gasteiger partial charge on any atom is -0.371 e. The van der Waals surface area contributed by atoms with Gasteiger partial charge in [-0.3, -0.25) is 4.98 Å². The van der Waals surface area contributed by atoms with Crippen LogP contribution in [-0.2, 0) is 6.18 Å². The molecular formula is C14H17F3N2. The lowest BCUT2D eigenvalue weighted by molar-refractivity contribution is -0.141. The van der Waals surface area contributed by atoms with Crippen LogP contribution in [0.2, 0.25) is 0 Å². The van der Waals surface area contributed by atoms with Crippen molar-refractivity contribution in [3.63, 3.8) is 0 Å². The van der Waals surface area contributed by atoms with Gasteiger partial charge in [0.2, 0.25) is 0 Å². The topological polar surface area (TPSA) is 16.1 Å². The van der Waals surface area contributed by atoms with Gasteiger partial charge in [-0.05, 0) is 36.8 Å². The summed E-state index contributed by atoms with van der Waals surface area (Å²) < 4.78 is 38.0. The Balaban J connectivity index is 1.80. The van der Waals surface area contributed by atoms with Gasteiger partial charge in [-0.15, -0.1) is 0 Å². The van der Waals surface area contributed by atoms with E-state index in [1.54, 1.807) is 6.07 Å². The highest BCUT2D eigenvalue weighted by atomic mass is 19.4. The van der Waals surface area contributed by atoms with Gasteiger partial charge in [-0.2, -0.15) is 13.2 Å². The predicted molar refractivity (Wildman–Crippen MR) is 66.9 cm³/mol. The van der Waals surface area contributed by atoms with Crippen molar-refractivity contribution in [2.24, 2.45) is 11.8 Å². The highest BCUT2D eigenvalue weighted by Gasteiger charge is 2.36. The van der Waals surface area contributed by atoms with E-state index in [4.69, 9.17) is 0 Å². The third kappa shape index (κ3) is 2.55. The van der Waals surface area contributed by atoms with E-state index in [1.807, 2.05) is 0 Å². The Kier molecular flexibility index (Phi) is 3.15. The molecule has 5 heteroatoms. The molecule has 2 aliphatic rings. The summed E-state index contributed by atoms with van der Waals surface area (Å²) in [6, 6.07) is 2.86. The highest BCUT2D eigenvalue weighted by Crippen LogP contribution is 2.38. The van der Waals surface area contributed by atoms with E-state index in [-0.39, 0.29) is 0 Å². The Labute approximate surface area is 110 Å². The van der Waals surface area contributed by atoms with Crippen molar-refractivity contribution in [3.8, 4) is 0 Å². The fourth-order valence-electron chi connectivity index (χ4n) is 3.39. The molecule has 2 fully saturated rings. The Bertz CT molecular complexity index is 444. The maximum Gasteiger partial charge on any atom is 0.433 e. The SMILES string of the molecule is FC(F)(F)c1cc(N2CC3CCCCC3C2)ccn1. The maximum absolute atomic E-state index is 12.7. The molecule has 1 aromatic rings. The quantitative estimate of drug-likeness (QED) is 0.773. The molecule has 104 valence electrons. The lowest BCUT2D eigenvalue weighted by Gasteiger charge is -2.22. The van der Waals surface area contributed by atoms with Gasteiger partial charge in [0.05, 0.1) is 0 Å². The molecule has 1 saturated heterocycles. The zero-order valence-electron chi connectivity index (χ0n) is 10.7. The molecule has 1 aliphatic carbocycles. The summed E-state index contributed by atoms with van der Waals surface area (Å²) in [6.45, 7) is 1.79. The van der Waals surface area contributed by atoms with Crippen LogP contribution in [0.1, 0.15) is 31.4 Å². The lowest BCUT2D eigenvalue weighted by Crippen LogP contribution is -2.20. The number of pyridine rings is 1. The molecule has 1 aromatic heterocycles. The van der Waals surface area contributed by atoms with Crippen molar-refractivity contribution in [3.05, 3.63) is 24.0 Å². The summed E-state index contributed by atoms with van der Waals surface area (Å²) in [7, 11) is 0. The van der Waals surface area contributed by atoms with Gasteiger partial charge in [-0.25, -0.2) is 0 Å². The third-order valence-electron chi connectivity index (χ3n) is 4.38. The van der Waals surface area contributed by atoms with Crippen LogP contribution in [0.15, 0.2) is 18.3 Å². The number of hydrogen-bond donors (Lipinski definition) is 0. The summed E-state index contributed by atoms with van der Waals surface area (Å²) in [5.41, 5.74) is -0.128. The van der Waals surface area contributed by atoms with E-state index in [1.165, 1.54) is 37.9 Å². The molecule has 2 unspecified atom stereocenters. The predicted octanol–water partition coefficient (Wildman–Crippen LogP) is 3.73. The van der Waals surface area contributed by atoms with Crippen LogP contribution < -0.4 is 4.90 Å². The Morgan fingerprint density at radius 3 is 2.32 bits per heavy atom. The van der Waals surface area contributed by atoms with Crippen molar-refractivity contribution in [1.29, 1.82) is 0 Å². The van der Waals surface area contributed by atoms with Crippen LogP contribution in [0, 0.1) is 11.8 Å². The second-order valence-electron chi connectivity index (χ2n) is 5.61. The van der Waals surface area contributed by atoms with E-state index in [9.17, 15) is 13.2 Å². The smallest absolute Gasteiger partial charge is 0.371 e. The molecule has 0 spiro atoms. The summed E-state index contributed by atoms with van der Waals surface area (Å²) in [5, 5.41) is 0. The maximum atomic E-state index is 12.7. The molecule has 0 N–H and O–H groups in total. The van der Waals surface area contributed by atoms with Crippen molar-refractivity contribution in [2.75, 3.05) is 18.0 Å². The van der Waals surface area contributed by atoms with E-state index < -0.39 is 11.9 Å². The number of fused-ring (bicyclic) bond motifs is 1. The van der Waals surface area contributed by atoms with Crippen LogP contribution in [-0.4, -0.2) is 18.1 Å². The van der Waals surface area contributed by atoms with Crippen molar-refractivity contribution < 1.29 is 13.2 Å². The number of halogens is 3. The minimum atomic E-state index is -4.36. The normalized spacial score (nSPS) is 27.4. The fraction of sp³-hybridized carbons (Fsp3) is 0.643. The zero-order chi connectivity index (χ0) is 13.5. The molecule has 0 bridgehead atoms. The van der Waals surface area contributed by atoms with Gasteiger partial charge in [-0.1, -0.05) is 12.8 Å². The molecule has 1 saturated carbocycles. The van der Waals surface area contributed by atoms with Gasteiger partial charge >= 0.3 is 6.18 Å². The first-order valence-electron chi connectivity index (χ1n) is 6.82. The highest BCUT2D eigenvalue weighted by molar-refractivity contribution is 5.48. The number of nitrogens with zero attached hydrogens (tertiary/aromatic N) is 2. The standard InChI is InChI=1S/C14H17F3N2/c15-14(16,17)13-7-12(5-6-18-13)19-8-10-3-1-2-4-11(10)9-19/h5-7,10-11H,1-4,8-9H2. The second kappa shape index (κ2) is 4.69. The second-order valence-corrected chi connectivity index (χ2v) is 5.61. The van der Waals surface area contributed by atoms with Gasteiger partial charge in [0.1, 0.15) is 5.69 Å². The van der Waals surface area contributed by atoms with Crippen LogP contribution in [0.5, 0.6) is 0 Å². The van der Waals surface area contributed by atoms with Crippen molar-refractivity contribution in [1.82, 2.24) is 4.98 Å². The van der Waals surface area contributed by atoms with E-state index in [0.29, 0.717) is 17.5 Å². The summed E-state index contributed by atoms with van der Waals surface area (Å²) in [5.74, 6) is 1.33. The Morgan fingerprint density at radius 2 is 1.74 bits per heavy atom. The van der Waals surface area contributed by atoms with Crippen LogP contribution in [0.25, 0.3) is 0 Å². The molecule has 3 rings (SSSR count). The Morgan fingerprint density at radius 1 is 1.11 bits per heavy atom. The minimum absolute atomic E-state index is 0.663. The number of alkyl halides is 3. The average molecular weight is 270 g/mol. The fourth-order valence-corrected chi connectivity index (χ4v) is 3.39. The largest absolute Gasteiger partial charge is 0.433 e. The lowest BCUT2D eigenvalue weighted by atomic mass is 9.82. The first-order valence-corrected chi connectivity index (χ1v) is 6.82. The summed E-state index contributed by atoms with van der Waals surface area (Å²) in [4.78, 5) is 5.52. The van der Waals surface area contributed by atoms with Crippen molar-refractivity contribution in [2.45, 2.75) is 31.9 Å². The monoisotopic (exact) mass is 270 g/mol. The molecule has 2 nitrogen and oxygen atoms in total. The van der Waals surface area contributed by atoms with Crippen molar-refractivity contribution >= 4 is 5.69 Å². The molecule has 0 radical (unpaired) electrons. The summed E-state index contributed by atoms with van der Waals surface area (Å²) >= 11 is 0. The molecule has 1 aliphatic heterocycles.